The van der Waals surface area contributed by atoms with E-state index in [4.69, 9.17) is 0 Å². The summed E-state index contributed by atoms with van der Waals surface area (Å²) in [5.74, 6) is -2.45. The second kappa shape index (κ2) is 6.51. The van der Waals surface area contributed by atoms with E-state index in [9.17, 15) is 27.2 Å². The van der Waals surface area contributed by atoms with Crippen molar-refractivity contribution in [1.29, 1.82) is 0 Å². The molecule has 0 spiro atoms. The second-order valence-corrected chi connectivity index (χ2v) is 5.35. The molecule has 1 aliphatic rings. The van der Waals surface area contributed by atoms with E-state index in [0.717, 1.165) is 18.5 Å². The number of halogens is 4. The summed E-state index contributed by atoms with van der Waals surface area (Å²) in [5.41, 5.74) is -0.474. The largest absolute Gasteiger partial charge is 0.408 e. The van der Waals surface area contributed by atoms with Crippen LogP contribution >= 0.6 is 0 Å². The molecule has 23 heavy (non-hydrogen) atoms. The highest BCUT2D eigenvalue weighted by Crippen LogP contribution is 2.33. The highest BCUT2D eigenvalue weighted by atomic mass is 19.4. The minimum absolute atomic E-state index is 0.0896. The molecule has 1 saturated heterocycles. The van der Waals surface area contributed by atoms with Crippen molar-refractivity contribution in [3.8, 4) is 0 Å². The molecule has 2 heterocycles. The van der Waals surface area contributed by atoms with Crippen LogP contribution in [-0.4, -0.2) is 46.5 Å². The minimum Gasteiger partial charge on any atom is -0.352 e. The van der Waals surface area contributed by atoms with Gasteiger partial charge in [0.25, 0.3) is 5.91 Å². The van der Waals surface area contributed by atoms with Crippen LogP contribution in [-0.2, 0) is 4.79 Å². The van der Waals surface area contributed by atoms with Crippen molar-refractivity contribution in [2.24, 2.45) is 0 Å². The topological polar surface area (TPSA) is 62.3 Å². The van der Waals surface area contributed by atoms with Crippen LogP contribution in [0.1, 0.15) is 30.1 Å². The van der Waals surface area contributed by atoms with Gasteiger partial charge in [-0.05, 0) is 18.9 Å². The van der Waals surface area contributed by atoms with Gasteiger partial charge in [-0.3, -0.25) is 14.6 Å². The summed E-state index contributed by atoms with van der Waals surface area (Å²) < 4.78 is 53.2. The van der Waals surface area contributed by atoms with Crippen molar-refractivity contribution < 1.29 is 27.2 Å². The number of amides is 2. The predicted molar refractivity (Wildman–Crippen MR) is 71.9 cm³/mol. The number of aromatic nitrogens is 1. The maximum atomic E-state index is 13.7. The van der Waals surface area contributed by atoms with E-state index < -0.39 is 41.5 Å². The number of nitrogens with zero attached hydrogens (tertiary/aromatic N) is 2. The van der Waals surface area contributed by atoms with Gasteiger partial charge in [0, 0.05) is 25.7 Å². The fourth-order valence-electron chi connectivity index (χ4n) is 2.64. The lowest BCUT2D eigenvalue weighted by Gasteiger charge is -2.40. The molecule has 0 bridgehead atoms. The second-order valence-electron chi connectivity index (χ2n) is 5.35. The molecule has 1 aromatic heterocycles. The van der Waals surface area contributed by atoms with Crippen LogP contribution in [0.3, 0.4) is 0 Å². The van der Waals surface area contributed by atoms with Crippen LogP contribution in [0.15, 0.2) is 18.5 Å². The third kappa shape index (κ3) is 3.96. The molecule has 5 nitrogen and oxygen atoms in total. The highest BCUT2D eigenvalue weighted by Gasteiger charge is 2.48. The molecule has 2 amide bonds. The minimum atomic E-state index is -4.62. The maximum Gasteiger partial charge on any atom is 0.408 e. The van der Waals surface area contributed by atoms with Crippen molar-refractivity contribution >= 4 is 11.8 Å². The van der Waals surface area contributed by atoms with Gasteiger partial charge in [-0.2, -0.15) is 13.2 Å². The molecule has 126 valence electrons. The number of piperidine rings is 1. The average Bonchev–Trinajstić information content (AvgIpc) is 2.45. The molecule has 0 aromatic carbocycles. The summed E-state index contributed by atoms with van der Waals surface area (Å²) in [6, 6.07) is -1.57. The van der Waals surface area contributed by atoms with Crippen molar-refractivity contribution in [2.75, 3.05) is 6.54 Å². The van der Waals surface area contributed by atoms with Gasteiger partial charge in [-0.25, -0.2) is 4.39 Å². The summed E-state index contributed by atoms with van der Waals surface area (Å²) >= 11 is 0. The Morgan fingerprint density at radius 3 is 2.61 bits per heavy atom. The van der Waals surface area contributed by atoms with E-state index in [0.29, 0.717) is 4.90 Å². The average molecular weight is 333 g/mol. The fourth-order valence-corrected chi connectivity index (χ4v) is 2.64. The summed E-state index contributed by atoms with van der Waals surface area (Å²) in [7, 11) is 0. The molecular formula is C14H15F4N3O2. The van der Waals surface area contributed by atoms with Gasteiger partial charge in [-0.1, -0.05) is 0 Å². The molecule has 2 atom stereocenters. The molecule has 1 aromatic rings. The van der Waals surface area contributed by atoms with Crippen LogP contribution in [0.25, 0.3) is 0 Å². The van der Waals surface area contributed by atoms with E-state index in [2.05, 4.69) is 10.3 Å². The van der Waals surface area contributed by atoms with E-state index in [-0.39, 0.29) is 19.4 Å². The Labute approximate surface area is 129 Å². The Balaban J connectivity index is 2.29. The molecule has 0 radical (unpaired) electrons. The molecule has 1 N–H and O–H groups in total. The Kier molecular flexibility index (Phi) is 4.86. The van der Waals surface area contributed by atoms with Crippen LogP contribution < -0.4 is 5.32 Å². The molecule has 0 unspecified atom stereocenters. The summed E-state index contributed by atoms with van der Waals surface area (Å²) in [6.45, 7) is 0.912. The van der Waals surface area contributed by atoms with Gasteiger partial charge in [0.2, 0.25) is 5.91 Å². The zero-order valence-corrected chi connectivity index (χ0v) is 12.2. The molecule has 0 aliphatic carbocycles. The summed E-state index contributed by atoms with van der Waals surface area (Å²) in [5, 5.41) is 2.50. The van der Waals surface area contributed by atoms with Gasteiger partial charge in [0.05, 0.1) is 11.8 Å². The number of likely N-dealkylation sites (tertiary alicyclic amines) is 1. The van der Waals surface area contributed by atoms with Crippen molar-refractivity contribution in [3.05, 3.63) is 29.8 Å². The first-order chi connectivity index (χ1) is 10.7. The zero-order valence-electron chi connectivity index (χ0n) is 12.2. The number of alkyl halides is 3. The quantitative estimate of drug-likeness (QED) is 0.841. The molecule has 2 rings (SSSR count). The van der Waals surface area contributed by atoms with Gasteiger partial charge >= 0.3 is 6.18 Å². The zero-order chi connectivity index (χ0) is 17.2. The first-order valence-electron chi connectivity index (χ1n) is 6.94. The standard InChI is InChI=1S/C14H15F4N3O2/c1-8(22)20-9-2-3-12(14(16,17)18)21(7-9)13(23)10-4-5-19-6-11(10)15/h4-6,9,12H,2-3,7H2,1H3,(H,20,22)/t9-,12+/m0/s1. The third-order valence-electron chi connectivity index (χ3n) is 3.63. The van der Waals surface area contributed by atoms with Crippen molar-refractivity contribution in [1.82, 2.24) is 15.2 Å². The monoisotopic (exact) mass is 333 g/mol. The number of rotatable bonds is 2. The summed E-state index contributed by atoms with van der Waals surface area (Å²) in [4.78, 5) is 27.5. The molecule has 0 saturated carbocycles. The van der Waals surface area contributed by atoms with E-state index in [1.54, 1.807) is 0 Å². The van der Waals surface area contributed by atoms with Gasteiger partial charge in [0.15, 0.2) is 5.82 Å². The number of nitrogens with one attached hydrogen (secondary N) is 1. The first-order valence-corrected chi connectivity index (χ1v) is 6.94. The van der Waals surface area contributed by atoms with Gasteiger partial charge < -0.3 is 10.2 Å². The normalized spacial score (nSPS) is 21.9. The lowest BCUT2D eigenvalue weighted by Crippen LogP contribution is -2.58. The van der Waals surface area contributed by atoms with E-state index >= 15 is 0 Å². The van der Waals surface area contributed by atoms with Crippen LogP contribution in [0.2, 0.25) is 0 Å². The van der Waals surface area contributed by atoms with Crippen molar-refractivity contribution in [2.45, 2.75) is 38.0 Å². The number of pyridine rings is 1. The maximum absolute atomic E-state index is 13.7. The van der Waals surface area contributed by atoms with Crippen LogP contribution in [0.4, 0.5) is 17.6 Å². The Morgan fingerprint density at radius 2 is 2.04 bits per heavy atom. The van der Waals surface area contributed by atoms with Crippen LogP contribution in [0.5, 0.6) is 0 Å². The molecule has 1 aliphatic heterocycles. The van der Waals surface area contributed by atoms with E-state index in [1.807, 2.05) is 0 Å². The molecule has 1 fully saturated rings. The number of carbonyl (C=O) groups is 2. The lowest BCUT2D eigenvalue weighted by molar-refractivity contribution is -0.184. The highest BCUT2D eigenvalue weighted by molar-refractivity contribution is 5.94. The number of hydrogen-bond acceptors (Lipinski definition) is 3. The van der Waals surface area contributed by atoms with Crippen LogP contribution in [0, 0.1) is 5.82 Å². The van der Waals surface area contributed by atoms with E-state index in [1.165, 1.54) is 6.92 Å². The number of carbonyl (C=O) groups excluding carboxylic acids is 2. The first kappa shape index (κ1) is 17.2. The van der Waals surface area contributed by atoms with Gasteiger partial charge in [-0.15, -0.1) is 0 Å². The van der Waals surface area contributed by atoms with Gasteiger partial charge in [0.1, 0.15) is 6.04 Å². The molecular weight excluding hydrogens is 318 g/mol. The SMILES string of the molecule is CC(=O)N[C@H]1CC[C@H](C(F)(F)F)N(C(=O)c2ccncc2F)C1. The Morgan fingerprint density at radius 1 is 1.35 bits per heavy atom. The third-order valence-corrected chi connectivity index (χ3v) is 3.63. The Hall–Kier alpha value is -2.19. The lowest BCUT2D eigenvalue weighted by atomic mass is 9.96. The van der Waals surface area contributed by atoms with Crippen molar-refractivity contribution in [3.63, 3.8) is 0 Å². The summed E-state index contributed by atoms with van der Waals surface area (Å²) in [6.07, 6.45) is -2.99. The number of hydrogen-bond donors (Lipinski definition) is 1. The smallest absolute Gasteiger partial charge is 0.352 e. The fraction of sp³-hybridized carbons (Fsp3) is 0.500. The Bertz CT molecular complexity index is 606. The molecule has 9 heteroatoms. The predicted octanol–water partition coefficient (Wildman–Crippen LogP) is 1.89.